The van der Waals surface area contributed by atoms with E-state index in [9.17, 15) is 18.0 Å². The lowest BCUT2D eigenvalue weighted by atomic mass is 9.90. The number of aryl methyl sites for hydroxylation is 1. The van der Waals surface area contributed by atoms with E-state index >= 15 is 0 Å². The molecule has 2 heterocycles. The lowest BCUT2D eigenvalue weighted by Gasteiger charge is -2.33. The van der Waals surface area contributed by atoms with Crippen LogP contribution in [0.25, 0.3) is 0 Å². The van der Waals surface area contributed by atoms with Gasteiger partial charge in [-0.05, 0) is 25.1 Å². The first kappa shape index (κ1) is 23.4. The van der Waals surface area contributed by atoms with Crippen LogP contribution < -0.4 is 15.8 Å². The minimum absolute atomic E-state index is 0. The number of methoxy groups -OCH3 is 1. The number of carbonyl (C=O) groups is 1. The molecule has 30 heavy (non-hydrogen) atoms. The number of carbonyl (C=O) groups excluding carboxylic acids is 1. The van der Waals surface area contributed by atoms with Gasteiger partial charge < -0.3 is 20.5 Å². The van der Waals surface area contributed by atoms with Crippen molar-refractivity contribution in [2.75, 3.05) is 25.6 Å². The van der Waals surface area contributed by atoms with Crippen molar-refractivity contribution >= 4 is 29.8 Å². The Morgan fingerprint density at radius 1 is 1.40 bits per heavy atom. The maximum absolute atomic E-state index is 14.4. The largest absolute Gasteiger partial charge is 0.480 e. The van der Waals surface area contributed by atoms with Gasteiger partial charge in [0.2, 0.25) is 5.88 Å². The molecule has 0 spiro atoms. The Morgan fingerprint density at radius 2 is 2.13 bits per heavy atom. The molecule has 2 aromatic rings. The number of benzene rings is 1. The number of ether oxygens (including phenoxy) is 2. The van der Waals surface area contributed by atoms with Crippen LogP contribution in [0.2, 0.25) is 0 Å². The Bertz CT molecular complexity index is 976. The zero-order valence-electron chi connectivity index (χ0n) is 16.0. The molecule has 0 saturated heterocycles. The number of anilines is 1. The monoisotopic (exact) mass is 445 g/mol. The summed E-state index contributed by atoms with van der Waals surface area (Å²) in [6.07, 6.45) is -1.82. The number of hydrogen-bond donors (Lipinski definition) is 2. The predicted molar refractivity (Wildman–Crippen MR) is 105 cm³/mol. The number of hydrogen-bond acceptors (Lipinski definition) is 7. The van der Waals surface area contributed by atoms with Crippen LogP contribution in [-0.4, -0.2) is 48.5 Å². The summed E-state index contributed by atoms with van der Waals surface area (Å²) in [4.78, 5) is 24.3. The molecule has 8 nitrogen and oxygen atoms in total. The van der Waals surface area contributed by atoms with Crippen LogP contribution in [0.1, 0.15) is 21.7 Å². The number of aromatic nitrogens is 2. The summed E-state index contributed by atoms with van der Waals surface area (Å²) in [5.41, 5.74) is 3.18. The summed E-state index contributed by atoms with van der Waals surface area (Å²) < 4.78 is 52.2. The third-order valence-corrected chi connectivity index (χ3v) is 4.32. The van der Waals surface area contributed by atoms with Gasteiger partial charge in [0.15, 0.2) is 5.54 Å². The van der Waals surface area contributed by atoms with Crippen LogP contribution in [-0.2, 0) is 10.3 Å². The third-order valence-electron chi connectivity index (χ3n) is 4.32. The van der Waals surface area contributed by atoms with Gasteiger partial charge >= 0.3 is 0 Å². The van der Waals surface area contributed by atoms with Gasteiger partial charge in [0.25, 0.3) is 12.3 Å². The van der Waals surface area contributed by atoms with Crippen LogP contribution >= 0.6 is 12.4 Å². The Balaban J connectivity index is 0.00000320. The molecule has 0 aliphatic carbocycles. The van der Waals surface area contributed by atoms with E-state index in [1.54, 1.807) is 6.92 Å². The van der Waals surface area contributed by atoms with E-state index in [1.807, 2.05) is 0 Å². The van der Waals surface area contributed by atoms with Crippen molar-refractivity contribution in [1.29, 1.82) is 0 Å². The third kappa shape index (κ3) is 4.46. The minimum atomic E-state index is -3.09. The summed E-state index contributed by atoms with van der Waals surface area (Å²) in [7, 11) is 1.41. The van der Waals surface area contributed by atoms with Crippen molar-refractivity contribution in [3.8, 4) is 5.88 Å². The Hall–Kier alpha value is -2.92. The number of nitrogens with one attached hydrogen (secondary N) is 1. The molecule has 3 rings (SSSR count). The van der Waals surface area contributed by atoms with Crippen molar-refractivity contribution < 1.29 is 27.4 Å². The zero-order valence-corrected chi connectivity index (χ0v) is 16.8. The quantitative estimate of drug-likeness (QED) is 0.731. The van der Waals surface area contributed by atoms with Crippen LogP contribution in [0, 0.1) is 12.7 Å². The lowest BCUT2D eigenvalue weighted by molar-refractivity contribution is -0.0145. The maximum atomic E-state index is 14.4. The Morgan fingerprint density at radius 3 is 2.73 bits per heavy atom. The highest BCUT2D eigenvalue weighted by atomic mass is 35.5. The van der Waals surface area contributed by atoms with E-state index in [-0.39, 0.29) is 42.1 Å². The molecular weight excluding hydrogens is 427 g/mol. The summed E-state index contributed by atoms with van der Waals surface area (Å²) in [6, 6.07) is 3.28. The second kappa shape index (κ2) is 9.26. The van der Waals surface area contributed by atoms with Gasteiger partial charge in [-0.15, -0.1) is 12.4 Å². The minimum Gasteiger partial charge on any atom is -0.480 e. The molecule has 1 aliphatic rings. The van der Waals surface area contributed by atoms with Crippen molar-refractivity contribution in [3.63, 3.8) is 0 Å². The number of nitrogens with two attached hydrogens (primary N) is 1. The Labute approximate surface area is 176 Å². The average Bonchev–Trinajstić information content (AvgIpc) is 2.68. The van der Waals surface area contributed by atoms with Crippen molar-refractivity contribution in [2.24, 2.45) is 10.7 Å². The van der Waals surface area contributed by atoms with Gasteiger partial charge in [0.1, 0.15) is 24.0 Å². The number of halogens is 4. The lowest BCUT2D eigenvalue weighted by Crippen LogP contribution is -2.45. The zero-order chi connectivity index (χ0) is 21.2. The first-order valence-corrected chi connectivity index (χ1v) is 8.46. The van der Waals surface area contributed by atoms with Gasteiger partial charge in [0, 0.05) is 11.3 Å². The first-order chi connectivity index (χ1) is 13.8. The van der Waals surface area contributed by atoms with Crippen LogP contribution in [0.3, 0.4) is 0 Å². The van der Waals surface area contributed by atoms with Gasteiger partial charge in [-0.2, -0.15) is 0 Å². The summed E-state index contributed by atoms with van der Waals surface area (Å²) in [5, 5.41) is 2.50. The van der Waals surface area contributed by atoms with E-state index < -0.39 is 35.9 Å². The molecule has 1 aliphatic heterocycles. The number of amides is 1. The molecule has 0 saturated carbocycles. The summed E-state index contributed by atoms with van der Waals surface area (Å²) >= 11 is 0. The summed E-state index contributed by atoms with van der Waals surface area (Å²) in [6.45, 7) is 0.883. The topological polar surface area (TPSA) is 112 Å². The molecule has 0 radical (unpaired) electrons. The molecule has 0 unspecified atom stereocenters. The van der Waals surface area contributed by atoms with Crippen molar-refractivity contribution in [1.82, 2.24) is 9.97 Å². The molecule has 12 heteroatoms. The SMILES string of the molecule is COc1cnc(C(=O)Nc2ccc(F)c([C@]3(C(F)F)COCC(N)=N3)c2)c(C)n1.Cl. The summed E-state index contributed by atoms with van der Waals surface area (Å²) in [5.74, 6) is -1.51. The Kier molecular flexibility index (Phi) is 7.21. The van der Waals surface area contributed by atoms with Crippen LogP contribution in [0.15, 0.2) is 29.4 Å². The molecule has 1 aromatic carbocycles. The number of rotatable bonds is 5. The number of alkyl halides is 2. The smallest absolute Gasteiger partial charge is 0.276 e. The average molecular weight is 446 g/mol. The van der Waals surface area contributed by atoms with Crippen molar-refractivity contribution in [3.05, 3.63) is 47.2 Å². The van der Waals surface area contributed by atoms with E-state index in [1.165, 1.54) is 19.4 Å². The van der Waals surface area contributed by atoms with Gasteiger partial charge in [-0.1, -0.05) is 0 Å². The fourth-order valence-electron chi connectivity index (χ4n) is 2.91. The second-order valence-corrected chi connectivity index (χ2v) is 6.32. The molecule has 1 atom stereocenters. The molecule has 1 amide bonds. The highest BCUT2D eigenvalue weighted by Gasteiger charge is 2.46. The van der Waals surface area contributed by atoms with Crippen molar-refractivity contribution in [2.45, 2.75) is 18.9 Å². The highest BCUT2D eigenvalue weighted by Crippen LogP contribution is 2.38. The number of amidine groups is 1. The maximum Gasteiger partial charge on any atom is 0.276 e. The molecule has 0 bridgehead atoms. The van der Waals surface area contributed by atoms with E-state index in [2.05, 4.69) is 20.3 Å². The van der Waals surface area contributed by atoms with Crippen LogP contribution in [0.4, 0.5) is 18.9 Å². The van der Waals surface area contributed by atoms with E-state index in [4.69, 9.17) is 15.2 Å². The molecular formula is C18H19ClF3N5O3. The second-order valence-electron chi connectivity index (χ2n) is 6.32. The highest BCUT2D eigenvalue weighted by molar-refractivity contribution is 6.03. The molecule has 1 aromatic heterocycles. The van der Waals surface area contributed by atoms with Gasteiger partial charge in [-0.3, -0.25) is 9.79 Å². The van der Waals surface area contributed by atoms with Gasteiger partial charge in [-0.25, -0.2) is 23.1 Å². The van der Waals surface area contributed by atoms with E-state index in [0.717, 1.165) is 12.1 Å². The normalized spacial score (nSPS) is 18.4. The standard InChI is InChI=1S/C18H18F3N5O3.ClH/c1-9-15(23-6-14(24-9)28-2)16(27)25-10-3-4-12(19)11(5-10)18(17(20)21)8-29-7-13(22)26-18;/h3-6,17H,7-8H2,1-2H3,(H2,22,26)(H,25,27);1H/t18-;/m0./s1. The fraction of sp³-hybridized carbons (Fsp3) is 0.333. The number of aliphatic imine (C=N–C) groups is 1. The molecule has 162 valence electrons. The molecule has 3 N–H and O–H groups in total. The first-order valence-electron chi connectivity index (χ1n) is 8.46. The van der Waals surface area contributed by atoms with Crippen LogP contribution in [0.5, 0.6) is 5.88 Å². The van der Waals surface area contributed by atoms with E-state index in [0.29, 0.717) is 5.69 Å². The predicted octanol–water partition coefficient (Wildman–Crippen LogP) is 2.45. The molecule has 0 fully saturated rings. The fourth-order valence-corrected chi connectivity index (χ4v) is 2.91. The van der Waals surface area contributed by atoms with Gasteiger partial charge in [0.05, 0.1) is 25.6 Å². The number of nitrogens with zero attached hydrogens (tertiary/aromatic N) is 3.